The molecule has 0 bridgehead atoms. The number of nitrogen functional groups attached to an aromatic ring is 1. The third kappa shape index (κ3) is 2.60. The summed E-state index contributed by atoms with van der Waals surface area (Å²) in [6.45, 7) is 3.60. The van der Waals surface area contributed by atoms with Gasteiger partial charge in [-0.15, -0.1) is 0 Å². The van der Waals surface area contributed by atoms with Crippen LogP contribution in [0.3, 0.4) is 0 Å². The molecule has 1 aromatic carbocycles. The van der Waals surface area contributed by atoms with Crippen LogP contribution in [0.1, 0.15) is 0 Å². The fraction of sp³-hybridized carbons (Fsp3) is 0.111. The summed E-state index contributed by atoms with van der Waals surface area (Å²) in [5, 5.41) is 11.5. The predicted octanol–water partition coefficient (Wildman–Crippen LogP) is 0.843. The minimum atomic E-state index is -0.490. The van der Waals surface area contributed by atoms with Crippen LogP contribution in [0.25, 0.3) is 0 Å². The van der Waals surface area contributed by atoms with Gasteiger partial charge in [-0.1, -0.05) is 0 Å². The van der Waals surface area contributed by atoms with E-state index < -0.39 is 15.8 Å². The fourth-order valence-corrected chi connectivity index (χ4v) is 2.94. The van der Waals surface area contributed by atoms with Crippen molar-refractivity contribution in [3.63, 3.8) is 0 Å². The number of nitro groups is 1. The van der Waals surface area contributed by atoms with Crippen LogP contribution < -0.4 is 10.1 Å². The van der Waals surface area contributed by atoms with Crippen molar-refractivity contribution in [2.45, 2.75) is 5.21 Å². The second-order valence-corrected chi connectivity index (χ2v) is 5.43. The topological polar surface area (TPSA) is 69.2 Å². The normalized spacial score (nSPS) is 10.6. The second-order valence-electron chi connectivity index (χ2n) is 2.70. The van der Waals surface area contributed by atoms with Crippen molar-refractivity contribution in [2.24, 2.45) is 0 Å². The zero-order valence-electron chi connectivity index (χ0n) is 7.56. The SMILES string of the molecule is C=CC[AsH]c1ccc(N)cc1[N+](=O)[O-]. The number of benzene rings is 1. The Labute approximate surface area is 88.6 Å². The van der Waals surface area contributed by atoms with Gasteiger partial charge in [-0.2, -0.15) is 0 Å². The molecule has 5 heteroatoms. The Kier molecular flexibility index (Phi) is 3.71. The molecule has 1 aromatic rings. The van der Waals surface area contributed by atoms with Gasteiger partial charge in [0.1, 0.15) is 0 Å². The monoisotopic (exact) mass is 254 g/mol. The molecule has 0 aliphatic heterocycles. The van der Waals surface area contributed by atoms with E-state index in [2.05, 4.69) is 6.58 Å². The molecule has 0 aliphatic carbocycles. The zero-order chi connectivity index (χ0) is 10.6. The van der Waals surface area contributed by atoms with Gasteiger partial charge in [0, 0.05) is 0 Å². The van der Waals surface area contributed by atoms with Gasteiger partial charge in [0.25, 0.3) is 0 Å². The number of hydrogen-bond donors (Lipinski definition) is 1. The Morgan fingerprint density at radius 2 is 2.36 bits per heavy atom. The van der Waals surface area contributed by atoms with E-state index in [0.29, 0.717) is 5.69 Å². The van der Waals surface area contributed by atoms with Crippen molar-refractivity contribution in [1.82, 2.24) is 0 Å². The Bertz CT molecular complexity index is 366. The molecule has 1 unspecified atom stereocenters. The summed E-state index contributed by atoms with van der Waals surface area (Å²) in [6, 6.07) is 4.87. The molecule has 0 amide bonds. The number of nitro benzene ring substituents is 1. The first-order valence-corrected chi connectivity index (χ1v) is 6.57. The van der Waals surface area contributed by atoms with Crippen molar-refractivity contribution in [2.75, 3.05) is 5.73 Å². The van der Waals surface area contributed by atoms with Crippen molar-refractivity contribution >= 4 is 31.5 Å². The van der Waals surface area contributed by atoms with Crippen molar-refractivity contribution in [3.8, 4) is 0 Å². The van der Waals surface area contributed by atoms with Gasteiger partial charge in [0.05, 0.1) is 0 Å². The van der Waals surface area contributed by atoms with E-state index in [1.807, 2.05) is 0 Å². The third-order valence-electron chi connectivity index (χ3n) is 1.66. The standard InChI is InChI=1S/C9H11AsN2O2/c1-2-5-10-8-4-3-7(11)6-9(8)12(13)14/h2-4,6,10H,1,5,11H2. The molecule has 1 atom stereocenters. The number of hydrogen-bond acceptors (Lipinski definition) is 3. The molecule has 0 saturated heterocycles. The van der Waals surface area contributed by atoms with Crippen LogP contribution in [0, 0.1) is 10.1 Å². The molecule has 74 valence electrons. The van der Waals surface area contributed by atoms with Crippen molar-refractivity contribution in [1.29, 1.82) is 0 Å². The van der Waals surface area contributed by atoms with Crippen LogP contribution in [0.4, 0.5) is 11.4 Å². The Hall–Kier alpha value is -1.28. The molecular formula is C9H11AsN2O2. The number of allylic oxidation sites excluding steroid dienone is 1. The van der Waals surface area contributed by atoms with E-state index in [9.17, 15) is 10.1 Å². The maximum absolute atomic E-state index is 10.7. The van der Waals surface area contributed by atoms with Crippen LogP contribution in [0.2, 0.25) is 5.21 Å². The third-order valence-corrected chi connectivity index (χ3v) is 4.38. The minimum absolute atomic E-state index is 0.145. The van der Waals surface area contributed by atoms with Gasteiger partial charge in [-0.25, -0.2) is 0 Å². The van der Waals surface area contributed by atoms with Gasteiger partial charge >= 0.3 is 88.3 Å². The summed E-state index contributed by atoms with van der Waals surface area (Å²) in [5.41, 5.74) is 6.06. The summed E-state index contributed by atoms with van der Waals surface area (Å²) < 4.78 is 0.823. The van der Waals surface area contributed by atoms with Crippen molar-refractivity contribution < 1.29 is 4.92 Å². The number of anilines is 1. The van der Waals surface area contributed by atoms with Gasteiger partial charge in [0.15, 0.2) is 0 Å². The van der Waals surface area contributed by atoms with Crippen LogP contribution in [0.15, 0.2) is 30.9 Å². The quantitative estimate of drug-likeness (QED) is 0.284. The molecule has 1 rings (SSSR count). The molecular weight excluding hydrogens is 243 g/mol. The van der Waals surface area contributed by atoms with Crippen LogP contribution in [-0.2, 0) is 0 Å². The molecule has 0 radical (unpaired) electrons. The van der Waals surface area contributed by atoms with Gasteiger partial charge in [0.2, 0.25) is 0 Å². The first-order valence-electron chi connectivity index (χ1n) is 4.04. The molecule has 0 aromatic heterocycles. The van der Waals surface area contributed by atoms with E-state index in [1.165, 1.54) is 6.07 Å². The van der Waals surface area contributed by atoms with Crippen LogP contribution >= 0.6 is 0 Å². The summed E-state index contributed by atoms with van der Waals surface area (Å²) in [4.78, 5) is 10.3. The zero-order valence-corrected chi connectivity index (χ0v) is 9.66. The van der Waals surface area contributed by atoms with E-state index in [4.69, 9.17) is 5.73 Å². The number of nitrogens with zero attached hydrogens (tertiary/aromatic N) is 1. The molecule has 14 heavy (non-hydrogen) atoms. The second kappa shape index (κ2) is 4.82. The van der Waals surface area contributed by atoms with E-state index in [-0.39, 0.29) is 10.6 Å². The molecule has 0 fully saturated rings. The number of rotatable bonds is 4. The maximum atomic E-state index is 10.7. The average molecular weight is 254 g/mol. The first-order chi connectivity index (χ1) is 6.65. The molecule has 0 spiro atoms. The fourth-order valence-electron chi connectivity index (χ4n) is 1.03. The molecule has 4 nitrogen and oxygen atoms in total. The Morgan fingerprint density at radius 3 is 2.93 bits per heavy atom. The molecule has 0 aliphatic rings. The van der Waals surface area contributed by atoms with E-state index in [0.717, 1.165) is 9.56 Å². The molecule has 0 heterocycles. The first kappa shape index (κ1) is 10.8. The molecule has 2 N–H and O–H groups in total. The number of nitrogens with two attached hydrogens (primary N) is 1. The summed E-state index contributed by atoms with van der Waals surface area (Å²) >= 11 is -0.490. The van der Waals surface area contributed by atoms with Gasteiger partial charge in [-0.05, 0) is 0 Å². The Balaban J connectivity index is 3.01. The summed E-state index contributed by atoms with van der Waals surface area (Å²) in [6.07, 6.45) is 1.79. The molecule has 0 saturated carbocycles. The van der Waals surface area contributed by atoms with E-state index in [1.54, 1.807) is 18.2 Å². The van der Waals surface area contributed by atoms with Crippen LogP contribution in [-0.4, -0.2) is 20.7 Å². The Morgan fingerprint density at radius 1 is 1.64 bits per heavy atom. The van der Waals surface area contributed by atoms with Gasteiger partial charge in [-0.3, -0.25) is 0 Å². The average Bonchev–Trinajstić information content (AvgIpc) is 2.15. The van der Waals surface area contributed by atoms with Gasteiger partial charge < -0.3 is 0 Å². The predicted molar refractivity (Wildman–Crippen MR) is 59.3 cm³/mol. The van der Waals surface area contributed by atoms with E-state index >= 15 is 0 Å². The summed E-state index contributed by atoms with van der Waals surface area (Å²) in [5.74, 6) is 0. The van der Waals surface area contributed by atoms with Crippen LogP contribution in [0.5, 0.6) is 0 Å². The summed E-state index contributed by atoms with van der Waals surface area (Å²) in [7, 11) is 0. The van der Waals surface area contributed by atoms with Crippen molar-refractivity contribution in [3.05, 3.63) is 41.0 Å².